The van der Waals surface area contributed by atoms with Gasteiger partial charge in [0, 0.05) is 36.8 Å². The molecule has 6 rings (SSSR count). The number of amides is 1. The van der Waals surface area contributed by atoms with Crippen LogP contribution in [0.1, 0.15) is 64.6 Å². The summed E-state index contributed by atoms with van der Waals surface area (Å²) in [5.74, 6) is -3.86. The third-order valence-electron chi connectivity index (χ3n) is 7.11. The molecule has 1 atom stereocenters. The molecule has 7 nitrogen and oxygen atoms in total. The first-order valence-electron chi connectivity index (χ1n) is 11.6. The van der Waals surface area contributed by atoms with Crippen molar-refractivity contribution in [2.75, 3.05) is 6.54 Å². The highest BCUT2D eigenvalue weighted by molar-refractivity contribution is 6.03. The number of hydrogen-bond donors (Lipinski definition) is 0. The van der Waals surface area contributed by atoms with E-state index in [1.54, 1.807) is 27.5 Å². The summed E-state index contributed by atoms with van der Waals surface area (Å²) in [5, 5.41) is 13.6. The van der Waals surface area contributed by atoms with E-state index in [2.05, 4.69) is 15.3 Å². The Labute approximate surface area is 199 Å². The van der Waals surface area contributed by atoms with Crippen LogP contribution in [0.25, 0.3) is 16.8 Å². The lowest BCUT2D eigenvalue weighted by molar-refractivity contribution is 0.0674. The molecular weight excluding hydrogens is 457 g/mol. The maximum Gasteiger partial charge on any atom is 0.258 e. The van der Waals surface area contributed by atoms with Crippen molar-refractivity contribution in [1.82, 2.24) is 29.5 Å². The lowest BCUT2D eigenvalue weighted by Crippen LogP contribution is -2.39. The Balaban J connectivity index is 1.42. The lowest BCUT2D eigenvalue weighted by atomic mass is 9.94. The summed E-state index contributed by atoms with van der Waals surface area (Å²) in [5.41, 5.74) is 5.21. The van der Waals surface area contributed by atoms with E-state index in [0.29, 0.717) is 29.9 Å². The Morgan fingerprint density at radius 2 is 1.80 bits per heavy atom. The van der Waals surface area contributed by atoms with Gasteiger partial charge in [-0.25, -0.2) is 13.2 Å². The van der Waals surface area contributed by atoms with Crippen LogP contribution in [-0.2, 0) is 13.5 Å². The zero-order chi connectivity index (χ0) is 24.6. The highest BCUT2D eigenvalue weighted by atomic mass is 19.2. The Bertz CT molecular complexity index is 1500. The van der Waals surface area contributed by atoms with Gasteiger partial charge in [0.15, 0.2) is 17.5 Å². The molecule has 1 aliphatic heterocycles. The summed E-state index contributed by atoms with van der Waals surface area (Å²) in [4.78, 5) is 15.7. The number of rotatable bonds is 3. The van der Waals surface area contributed by atoms with Gasteiger partial charge in [-0.15, -0.1) is 0 Å². The van der Waals surface area contributed by atoms with Crippen molar-refractivity contribution in [3.63, 3.8) is 0 Å². The number of halogens is 3. The van der Waals surface area contributed by atoms with Gasteiger partial charge in [-0.2, -0.15) is 19.9 Å². The molecule has 4 heterocycles. The average molecular weight is 480 g/mol. The number of carbonyl (C=O) groups excluding carboxylic acids is 1. The number of aromatic nitrogens is 5. The van der Waals surface area contributed by atoms with Crippen molar-refractivity contribution < 1.29 is 18.0 Å². The zero-order valence-electron chi connectivity index (χ0n) is 19.5. The quantitative estimate of drug-likeness (QED) is 0.405. The largest absolute Gasteiger partial charge is 0.330 e. The number of benzene rings is 1. The van der Waals surface area contributed by atoms with Gasteiger partial charge in [-0.1, -0.05) is 0 Å². The molecular formula is C25H23F3N6O. The molecule has 0 saturated heterocycles. The van der Waals surface area contributed by atoms with Crippen molar-refractivity contribution in [1.29, 1.82) is 0 Å². The number of hydrogen-bond acceptors (Lipinski definition) is 4. The predicted octanol–water partition coefficient (Wildman–Crippen LogP) is 4.49. The fraction of sp³-hybridized carbons (Fsp3) is 0.360. The van der Waals surface area contributed by atoms with E-state index < -0.39 is 17.5 Å². The lowest BCUT2D eigenvalue weighted by Gasteiger charge is -2.33. The summed E-state index contributed by atoms with van der Waals surface area (Å²) in [6, 6.07) is 3.46. The Hall–Kier alpha value is -3.69. The Morgan fingerprint density at radius 3 is 2.49 bits per heavy atom. The number of carbonyl (C=O) groups is 1. The van der Waals surface area contributed by atoms with E-state index >= 15 is 0 Å². The minimum Gasteiger partial charge on any atom is -0.330 e. The van der Waals surface area contributed by atoms with Crippen LogP contribution in [0.2, 0.25) is 0 Å². The van der Waals surface area contributed by atoms with Gasteiger partial charge in [0.05, 0.1) is 28.7 Å². The molecule has 4 aromatic rings. The van der Waals surface area contributed by atoms with Crippen molar-refractivity contribution in [3.05, 3.63) is 69.9 Å². The summed E-state index contributed by atoms with van der Waals surface area (Å²) in [6.07, 6.45) is 4.12. The fourth-order valence-corrected chi connectivity index (χ4v) is 5.22. The van der Waals surface area contributed by atoms with Gasteiger partial charge < -0.3 is 4.90 Å². The zero-order valence-corrected chi connectivity index (χ0v) is 19.5. The molecule has 35 heavy (non-hydrogen) atoms. The molecule has 1 saturated carbocycles. The Morgan fingerprint density at radius 1 is 1.09 bits per heavy atom. The molecule has 1 aromatic carbocycles. The van der Waals surface area contributed by atoms with E-state index in [1.165, 1.54) is 0 Å². The van der Waals surface area contributed by atoms with E-state index in [1.807, 2.05) is 19.9 Å². The van der Waals surface area contributed by atoms with Gasteiger partial charge in [-0.05, 0) is 56.9 Å². The molecule has 2 aliphatic rings. The van der Waals surface area contributed by atoms with Crippen LogP contribution in [0, 0.1) is 24.4 Å². The fourth-order valence-electron chi connectivity index (χ4n) is 5.22. The molecule has 1 aliphatic carbocycles. The Kier molecular flexibility index (Phi) is 4.77. The van der Waals surface area contributed by atoms with Crippen LogP contribution in [-0.4, -0.2) is 42.0 Å². The molecule has 1 fully saturated rings. The van der Waals surface area contributed by atoms with E-state index in [9.17, 15) is 18.0 Å². The molecule has 0 radical (unpaired) electrons. The van der Waals surface area contributed by atoms with Gasteiger partial charge >= 0.3 is 0 Å². The third kappa shape index (κ3) is 3.26. The van der Waals surface area contributed by atoms with E-state index in [0.717, 1.165) is 47.3 Å². The minimum atomic E-state index is -1.50. The normalized spacial score (nSPS) is 17.8. The van der Waals surface area contributed by atoms with Crippen LogP contribution in [0.5, 0.6) is 0 Å². The van der Waals surface area contributed by atoms with Gasteiger partial charge in [-0.3, -0.25) is 9.48 Å². The highest BCUT2D eigenvalue weighted by Crippen LogP contribution is 2.43. The van der Waals surface area contributed by atoms with Gasteiger partial charge in [0.25, 0.3) is 5.91 Å². The van der Waals surface area contributed by atoms with Crippen LogP contribution >= 0.6 is 0 Å². The molecule has 0 unspecified atom stereocenters. The molecule has 1 amide bonds. The van der Waals surface area contributed by atoms with E-state index in [4.69, 9.17) is 0 Å². The van der Waals surface area contributed by atoms with Gasteiger partial charge in [0.2, 0.25) is 0 Å². The third-order valence-corrected chi connectivity index (χ3v) is 7.11. The second-order valence-electron chi connectivity index (χ2n) is 9.40. The average Bonchev–Trinajstić information content (AvgIpc) is 3.50. The molecule has 0 spiro atoms. The van der Waals surface area contributed by atoms with Crippen LogP contribution in [0.15, 0.2) is 24.4 Å². The molecule has 180 valence electrons. The summed E-state index contributed by atoms with van der Waals surface area (Å²) >= 11 is 0. The standard InChI is InChI=1S/C25H23F3N6O/c1-12-6-8-29-34-23(12)19(22(31-34)14-4-5-14)25(35)33-9-7-16-21(13(33)2)30-32(3)24(16)15-10-17(26)20(28)18(27)11-15/h6,8,10-11,13-14H,4-5,7,9H2,1-3H3/t13-/m0/s1. The first kappa shape index (κ1) is 21.8. The second-order valence-corrected chi connectivity index (χ2v) is 9.40. The highest BCUT2D eigenvalue weighted by Gasteiger charge is 2.39. The van der Waals surface area contributed by atoms with Gasteiger partial charge in [0.1, 0.15) is 5.52 Å². The molecule has 0 N–H and O–H groups in total. The smallest absolute Gasteiger partial charge is 0.258 e. The minimum absolute atomic E-state index is 0.123. The monoisotopic (exact) mass is 480 g/mol. The summed E-state index contributed by atoms with van der Waals surface area (Å²) < 4.78 is 44.5. The molecule has 0 bridgehead atoms. The number of nitrogens with zero attached hydrogens (tertiary/aromatic N) is 6. The predicted molar refractivity (Wildman–Crippen MR) is 121 cm³/mol. The first-order valence-corrected chi connectivity index (χ1v) is 11.6. The second kappa shape index (κ2) is 7.66. The van der Waals surface area contributed by atoms with Crippen LogP contribution < -0.4 is 0 Å². The SMILES string of the molecule is Cc1ccnn2nc(C3CC3)c(C(=O)N3CCc4c(nn(C)c4-c4cc(F)c(F)c(F)c4)[C@@H]3C)c12. The number of aryl methyl sites for hydroxylation is 2. The van der Waals surface area contributed by atoms with E-state index in [-0.39, 0.29) is 23.4 Å². The maximum atomic E-state index is 14.0. The topological polar surface area (TPSA) is 68.3 Å². The summed E-state index contributed by atoms with van der Waals surface area (Å²) in [6.45, 7) is 4.24. The first-order chi connectivity index (χ1) is 16.8. The van der Waals surface area contributed by atoms with Crippen LogP contribution in [0.4, 0.5) is 13.2 Å². The molecule has 10 heteroatoms. The summed E-state index contributed by atoms with van der Waals surface area (Å²) in [7, 11) is 1.68. The van der Waals surface area contributed by atoms with Crippen molar-refractivity contribution in [2.45, 2.75) is 45.1 Å². The van der Waals surface area contributed by atoms with Crippen molar-refractivity contribution >= 4 is 11.4 Å². The molecule has 3 aromatic heterocycles. The van der Waals surface area contributed by atoms with Crippen molar-refractivity contribution in [3.8, 4) is 11.3 Å². The van der Waals surface area contributed by atoms with Crippen molar-refractivity contribution in [2.24, 2.45) is 7.05 Å². The number of fused-ring (bicyclic) bond motifs is 2. The maximum absolute atomic E-state index is 14.0. The van der Waals surface area contributed by atoms with Crippen LogP contribution in [0.3, 0.4) is 0 Å².